The highest BCUT2D eigenvalue weighted by Crippen LogP contribution is 2.30. The lowest BCUT2D eigenvalue weighted by Crippen LogP contribution is -2.28. The summed E-state index contributed by atoms with van der Waals surface area (Å²) >= 11 is 0. The molecule has 1 unspecified atom stereocenters. The Morgan fingerprint density at radius 1 is 1.21 bits per heavy atom. The molecule has 148 valence electrons. The van der Waals surface area contributed by atoms with Crippen LogP contribution in [-0.2, 0) is 9.59 Å². The van der Waals surface area contributed by atoms with Crippen molar-refractivity contribution in [3.63, 3.8) is 0 Å². The van der Waals surface area contributed by atoms with Crippen molar-refractivity contribution in [3.05, 3.63) is 54.3 Å². The lowest BCUT2D eigenvalue weighted by Gasteiger charge is -2.16. The van der Waals surface area contributed by atoms with Gasteiger partial charge < -0.3 is 14.1 Å². The van der Waals surface area contributed by atoms with E-state index in [1.165, 1.54) is 36.3 Å². The molecule has 4 rings (SSSR count). The van der Waals surface area contributed by atoms with Crippen LogP contribution in [0.2, 0.25) is 0 Å². The third-order valence-electron chi connectivity index (χ3n) is 4.63. The zero-order chi connectivity index (χ0) is 20.4. The molecule has 1 N–H and O–H groups in total. The average Bonchev–Trinajstić information content (AvgIpc) is 3.35. The number of halogens is 1. The first kappa shape index (κ1) is 18.6. The van der Waals surface area contributed by atoms with Crippen LogP contribution in [0.4, 0.5) is 16.1 Å². The maximum atomic E-state index is 13.1. The predicted molar refractivity (Wildman–Crippen MR) is 102 cm³/mol. The van der Waals surface area contributed by atoms with Crippen molar-refractivity contribution in [2.45, 2.75) is 6.42 Å². The number of benzene rings is 2. The predicted octanol–water partition coefficient (Wildman–Crippen LogP) is 2.88. The summed E-state index contributed by atoms with van der Waals surface area (Å²) in [5.41, 5.74) is 1.14. The summed E-state index contributed by atoms with van der Waals surface area (Å²) in [6.07, 6.45) is 0.0384. The summed E-state index contributed by atoms with van der Waals surface area (Å²) < 4.78 is 23.9. The van der Waals surface area contributed by atoms with Gasteiger partial charge in [0.25, 0.3) is 5.89 Å². The van der Waals surface area contributed by atoms with Crippen LogP contribution in [0.25, 0.3) is 11.5 Å². The first-order chi connectivity index (χ1) is 14.0. The smallest absolute Gasteiger partial charge is 0.322 e. The van der Waals surface area contributed by atoms with E-state index in [0.29, 0.717) is 17.0 Å². The number of nitrogens with zero attached hydrogens (tertiary/aromatic N) is 3. The van der Waals surface area contributed by atoms with Gasteiger partial charge in [0, 0.05) is 18.7 Å². The fourth-order valence-corrected chi connectivity index (χ4v) is 3.17. The highest BCUT2D eigenvalue weighted by molar-refractivity contribution is 6.03. The summed E-state index contributed by atoms with van der Waals surface area (Å²) in [5, 5.41) is 10.3. The molecular formula is C20H17FN4O4. The number of para-hydroxylation sites is 1. The minimum Gasteiger partial charge on any atom is -0.496 e. The second-order valence-electron chi connectivity index (χ2n) is 6.48. The Hall–Kier alpha value is -3.75. The Kier molecular flexibility index (Phi) is 4.94. The van der Waals surface area contributed by atoms with E-state index in [4.69, 9.17) is 9.15 Å². The van der Waals surface area contributed by atoms with E-state index in [2.05, 4.69) is 15.5 Å². The molecular weight excluding hydrogens is 379 g/mol. The van der Waals surface area contributed by atoms with E-state index in [9.17, 15) is 14.0 Å². The highest BCUT2D eigenvalue weighted by atomic mass is 19.1. The van der Waals surface area contributed by atoms with Gasteiger partial charge in [0.15, 0.2) is 0 Å². The van der Waals surface area contributed by atoms with E-state index in [1.54, 1.807) is 18.2 Å². The van der Waals surface area contributed by atoms with Crippen molar-refractivity contribution in [1.29, 1.82) is 0 Å². The Morgan fingerprint density at radius 3 is 2.72 bits per heavy atom. The number of aromatic nitrogens is 2. The average molecular weight is 396 g/mol. The number of carbonyl (C=O) groups excluding carboxylic acids is 2. The summed E-state index contributed by atoms with van der Waals surface area (Å²) in [5.74, 6) is -0.833. The minimum absolute atomic E-state index is 0.0384. The van der Waals surface area contributed by atoms with Gasteiger partial charge in [-0.25, -0.2) is 4.39 Å². The van der Waals surface area contributed by atoms with E-state index >= 15 is 0 Å². The van der Waals surface area contributed by atoms with E-state index in [0.717, 1.165) is 0 Å². The maximum Gasteiger partial charge on any atom is 0.322 e. The van der Waals surface area contributed by atoms with Crippen molar-refractivity contribution < 1.29 is 23.1 Å². The summed E-state index contributed by atoms with van der Waals surface area (Å²) in [6.45, 7) is 0.184. The van der Waals surface area contributed by atoms with Gasteiger partial charge in [0.2, 0.25) is 11.8 Å². The molecule has 2 amide bonds. The van der Waals surface area contributed by atoms with Crippen LogP contribution in [0.15, 0.2) is 52.9 Å². The number of hydrogen-bond donors (Lipinski definition) is 1. The number of amides is 2. The van der Waals surface area contributed by atoms with Crippen LogP contribution >= 0.6 is 0 Å². The largest absolute Gasteiger partial charge is 0.496 e. The summed E-state index contributed by atoms with van der Waals surface area (Å²) in [6, 6.07) is 12.6. The number of nitrogens with one attached hydrogen (secondary N) is 1. The lowest BCUT2D eigenvalue weighted by atomic mass is 10.1. The van der Waals surface area contributed by atoms with E-state index in [1.807, 2.05) is 6.07 Å². The Labute approximate surface area is 165 Å². The molecule has 1 aliphatic heterocycles. The van der Waals surface area contributed by atoms with Gasteiger partial charge in [-0.3, -0.25) is 14.9 Å². The molecule has 0 spiro atoms. The molecule has 2 aromatic carbocycles. The standard InChI is InChI=1S/C20H17FN4O4/c1-28-16-5-3-2-4-15(16)19-23-24-20(29-19)22-18(27)12-10-17(26)25(11-12)14-8-6-13(21)7-9-14/h2-9,12H,10-11H2,1H3,(H,22,24,27). The first-order valence-corrected chi connectivity index (χ1v) is 8.89. The molecule has 2 heterocycles. The molecule has 0 saturated carbocycles. The van der Waals surface area contributed by atoms with Crippen LogP contribution in [0, 0.1) is 11.7 Å². The number of hydrogen-bond acceptors (Lipinski definition) is 6. The number of anilines is 2. The molecule has 1 saturated heterocycles. The van der Waals surface area contributed by atoms with Crippen molar-refractivity contribution in [2.24, 2.45) is 5.92 Å². The molecule has 29 heavy (non-hydrogen) atoms. The topological polar surface area (TPSA) is 97.6 Å². The Bertz CT molecular complexity index is 1050. The van der Waals surface area contributed by atoms with Gasteiger partial charge in [-0.05, 0) is 36.4 Å². The summed E-state index contributed by atoms with van der Waals surface area (Å²) in [7, 11) is 1.53. The molecule has 1 atom stereocenters. The lowest BCUT2D eigenvalue weighted by molar-refractivity contribution is -0.122. The van der Waals surface area contributed by atoms with Crippen LogP contribution in [-0.4, -0.2) is 35.7 Å². The fraction of sp³-hybridized carbons (Fsp3) is 0.200. The Morgan fingerprint density at radius 2 is 1.97 bits per heavy atom. The minimum atomic E-state index is -0.589. The number of rotatable bonds is 5. The second-order valence-corrected chi connectivity index (χ2v) is 6.48. The molecule has 3 aromatic rings. The van der Waals surface area contributed by atoms with Gasteiger partial charge >= 0.3 is 6.01 Å². The number of methoxy groups -OCH3 is 1. The van der Waals surface area contributed by atoms with Gasteiger partial charge in [0.05, 0.1) is 18.6 Å². The van der Waals surface area contributed by atoms with Crippen molar-refractivity contribution in [1.82, 2.24) is 10.2 Å². The van der Waals surface area contributed by atoms with Crippen LogP contribution in [0.5, 0.6) is 5.75 Å². The molecule has 9 heteroatoms. The van der Waals surface area contributed by atoms with E-state index in [-0.39, 0.29) is 30.8 Å². The fourth-order valence-electron chi connectivity index (χ4n) is 3.17. The van der Waals surface area contributed by atoms with Crippen LogP contribution in [0.1, 0.15) is 6.42 Å². The molecule has 1 aromatic heterocycles. The second kappa shape index (κ2) is 7.70. The Balaban J connectivity index is 1.44. The third-order valence-corrected chi connectivity index (χ3v) is 4.63. The maximum absolute atomic E-state index is 13.1. The monoisotopic (exact) mass is 396 g/mol. The third kappa shape index (κ3) is 3.79. The van der Waals surface area contributed by atoms with Gasteiger partial charge in [-0.1, -0.05) is 17.2 Å². The first-order valence-electron chi connectivity index (χ1n) is 8.89. The highest BCUT2D eigenvalue weighted by Gasteiger charge is 2.35. The van der Waals surface area contributed by atoms with Crippen molar-refractivity contribution >= 4 is 23.5 Å². The van der Waals surface area contributed by atoms with E-state index < -0.39 is 17.6 Å². The summed E-state index contributed by atoms with van der Waals surface area (Å²) in [4.78, 5) is 26.3. The molecule has 0 bridgehead atoms. The number of carbonyl (C=O) groups is 2. The SMILES string of the molecule is COc1ccccc1-c1nnc(NC(=O)C2CC(=O)N(c3ccc(F)cc3)C2)o1. The zero-order valence-electron chi connectivity index (χ0n) is 15.5. The van der Waals surface area contributed by atoms with Crippen molar-refractivity contribution in [2.75, 3.05) is 23.9 Å². The molecule has 8 nitrogen and oxygen atoms in total. The molecule has 0 radical (unpaired) electrons. The van der Waals surface area contributed by atoms with Crippen LogP contribution < -0.4 is 15.0 Å². The normalized spacial score (nSPS) is 16.1. The van der Waals surface area contributed by atoms with Gasteiger partial charge in [-0.15, -0.1) is 5.10 Å². The van der Waals surface area contributed by atoms with Crippen LogP contribution in [0.3, 0.4) is 0 Å². The van der Waals surface area contributed by atoms with Crippen molar-refractivity contribution in [3.8, 4) is 17.2 Å². The van der Waals surface area contributed by atoms with Gasteiger partial charge in [0.1, 0.15) is 11.6 Å². The molecule has 0 aliphatic carbocycles. The molecule has 1 fully saturated rings. The quantitative estimate of drug-likeness (QED) is 0.712. The zero-order valence-corrected chi connectivity index (χ0v) is 15.5. The van der Waals surface area contributed by atoms with Gasteiger partial charge in [-0.2, -0.15) is 0 Å². The molecule has 1 aliphatic rings. The number of ether oxygens (including phenoxy) is 1.